The van der Waals surface area contributed by atoms with Gasteiger partial charge in [0.2, 0.25) is 0 Å². The summed E-state index contributed by atoms with van der Waals surface area (Å²) in [6.07, 6.45) is 2.63. The second-order valence-corrected chi connectivity index (χ2v) is 7.59. The normalized spacial score (nSPS) is 12.3. The van der Waals surface area contributed by atoms with E-state index in [-0.39, 0.29) is 23.3 Å². The molecule has 6 heteroatoms. The van der Waals surface area contributed by atoms with Gasteiger partial charge in [0, 0.05) is 22.3 Å². The van der Waals surface area contributed by atoms with Gasteiger partial charge < -0.3 is 9.88 Å². The minimum atomic E-state index is -0.316. The van der Waals surface area contributed by atoms with Gasteiger partial charge in [-0.25, -0.2) is 4.39 Å². The molecule has 26 heavy (non-hydrogen) atoms. The Labute approximate surface area is 155 Å². The summed E-state index contributed by atoms with van der Waals surface area (Å²) in [5.41, 5.74) is 1.11. The molecule has 0 bridgehead atoms. The van der Waals surface area contributed by atoms with Gasteiger partial charge in [-0.15, -0.1) is 11.3 Å². The van der Waals surface area contributed by atoms with Crippen molar-refractivity contribution in [2.24, 2.45) is 0 Å². The Morgan fingerprint density at radius 1 is 1.27 bits per heavy atom. The number of amides is 1. The summed E-state index contributed by atoms with van der Waals surface area (Å²) >= 11 is 1.45. The topological polar surface area (TPSA) is 51.1 Å². The summed E-state index contributed by atoms with van der Waals surface area (Å²) in [5, 5.41) is 3.41. The second-order valence-electron chi connectivity index (χ2n) is 6.33. The lowest BCUT2D eigenvalue weighted by atomic mass is 10.1. The van der Waals surface area contributed by atoms with Crippen molar-refractivity contribution < 1.29 is 9.18 Å². The number of carbonyl (C=O) groups is 1. The molecule has 1 N–H and O–H groups in total. The number of aryl methyl sites for hydroxylation is 2. The van der Waals surface area contributed by atoms with Crippen LogP contribution in [0.2, 0.25) is 0 Å². The Hall–Kier alpha value is -2.47. The zero-order chi connectivity index (χ0) is 18.8. The maximum absolute atomic E-state index is 13.1. The summed E-state index contributed by atoms with van der Waals surface area (Å²) in [7, 11) is 0. The molecule has 3 aromatic rings. The lowest BCUT2D eigenvalue weighted by Crippen LogP contribution is -2.28. The number of benzene rings is 1. The number of thiophene rings is 1. The van der Waals surface area contributed by atoms with Gasteiger partial charge in [0.15, 0.2) is 0 Å². The molecule has 0 aliphatic rings. The first kappa shape index (κ1) is 18.3. The predicted octanol–water partition coefficient (Wildman–Crippen LogP) is 4.41. The van der Waals surface area contributed by atoms with Gasteiger partial charge >= 0.3 is 0 Å². The SMILES string of the molecule is CCCn1ccc2sc(C)c(C(=O)N[C@@H](C)c3ccc(F)cc3)c2c1=O. The van der Waals surface area contributed by atoms with Crippen LogP contribution in [0.4, 0.5) is 4.39 Å². The van der Waals surface area contributed by atoms with Gasteiger partial charge in [0.25, 0.3) is 11.5 Å². The number of fused-ring (bicyclic) bond motifs is 1. The molecule has 3 rings (SSSR count). The fourth-order valence-corrected chi connectivity index (χ4v) is 4.11. The predicted molar refractivity (Wildman–Crippen MR) is 103 cm³/mol. The first-order valence-corrected chi connectivity index (χ1v) is 9.43. The molecule has 0 aliphatic carbocycles. The summed E-state index contributed by atoms with van der Waals surface area (Å²) in [6.45, 7) is 6.32. The number of hydrogen-bond acceptors (Lipinski definition) is 3. The van der Waals surface area contributed by atoms with Crippen LogP contribution >= 0.6 is 11.3 Å². The van der Waals surface area contributed by atoms with E-state index in [4.69, 9.17) is 0 Å². The molecule has 1 atom stereocenters. The van der Waals surface area contributed by atoms with Gasteiger partial charge in [-0.2, -0.15) is 0 Å². The van der Waals surface area contributed by atoms with Gasteiger partial charge in [-0.1, -0.05) is 19.1 Å². The molecule has 0 aliphatic heterocycles. The number of pyridine rings is 1. The first-order valence-electron chi connectivity index (χ1n) is 8.61. The Kier molecular flexibility index (Phi) is 5.23. The van der Waals surface area contributed by atoms with E-state index in [2.05, 4.69) is 5.32 Å². The summed E-state index contributed by atoms with van der Waals surface area (Å²) in [5.74, 6) is -0.597. The summed E-state index contributed by atoms with van der Waals surface area (Å²) in [4.78, 5) is 26.5. The quantitative estimate of drug-likeness (QED) is 0.721. The van der Waals surface area contributed by atoms with Crippen LogP contribution < -0.4 is 10.9 Å². The number of nitrogens with one attached hydrogen (secondary N) is 1. The van der Waals surface area contributed by atoms with Crippen molar-refractivity contribution in [2.75, 3.05) is 0 Å². The Bertz CT molecular complexity index is 1010. The third-order valence-corrected chi connectivity index (χ3v) is 5.47. The van der Waals surface area contributed by atoms with E-state index < -0.39 is 0 Å². The third kappa shape index (κ3) is 3.42. The lowest BCUT2D eigenvalue weighted by Gasteiger charge is -2.14. The number of carbonyl (C=O) groups excluding carboxylic acids is 1. The lowest BCUT2D eigenvalue weighted by molar-refractivity contribution is 0.0941. The van der Waals surface area contributed by atoms with Crippen LogP contribution in [0.1, 0.15) is 47.1 Å². The van der Waals surface area contributed by atoms with E-state index in [0.717, 1.165) is 21.6 Å². The molecular weight excluding hydrogens is 351 g/mol. The molecule has 0 saturated heterocycles. The van der Waals surface area contributed by atoms with Crippen LogP contribution in [-0.2, 0) is 6.54 Å². The number of halogens is 1. The van der Waals surface area contributed by atoms with E-state index in [1.54, 1.807) is 22.9 Å². The highest BCUT2D eigenvalue weighted by molar-refractivity contribution is 7.19. The molecule has 0 spiro atoms. The van der Waals surface area contributed by atoms with E-state index >= 15 is 0 Å². The maximum atomic E-state index is 13.1. The van der Waals surface area contributed by atoms with Crippen molar-refractivity contribution in [3.05, 3.63) is 68.7 Å². The van der Waals surface area contributed by atoms with Crippen LogP contribution in [-0.4, -0.2) is 10.5 Å². The summed E-state index contributed by atoms with van der Waals surface area (Å²) in [6, 6.07) is 7.63. The van der Waals surface area contributed by atoms with Crippen molar-refractivity contribution in [1.82, 2.24) is 9.88 Å². The van der Waals surface area contributed by atoms with Gasteiger partial charge in [0.1, 0.15) is 5.82 Å². The second kappa shape index (κ2) is 7.41. The highest BCUT2D eigenvalue weighted by Crippen LogP contribution is 2.29. The smallest absolute Gasteiger partial charge is 0.260 e. The van der Waals surface area contributed by atoms with Crippen LogP contribution in [0.5, 0.6) is 0 Å². The fraction of sp³-hybridized carbons (Fsp3) is 0.300. The van der Waals surface area contributed by atoms with Crippen LogP contribution in [0.25, 0.3) is 10.1 Å². The van der Waals surface area contributed by atoms with Crippen LogP contribution in [0.3, 0.4) is 0 Å². The Morgan fingerprint density at radius 3 is 2.62 bits per heavy atom. The molecule has 1 aromatic carbocycles. The van der Waals surface area contributed by atoms with E-state index in [9.17, 15) is 14.0 Å². The van der Waals surface area contributed by atoms with Gasteiger partial charge in [0.05, 0.1) is 17.0 Å². The number of nitrogens with zero attached hydrogens (tertiary/aromatic N) is 1. The molecule has 2 aromatic heterocycles. The van der Waals surface area contributed by atoms with Crippen molar-refractivity contribution >= 4 is 27.3 Å². The average Bonchev–Trinajstić information content (AvgIpc) is 2.95. The minimum Gasteiger partial charge on any atom is -0.345 e. The highest BCUT2D eigenvalue weighted by Gasteiger charge is 2.21. The molecule has 0 saturated carbocycles. The average molecular weight is 372 g/mol. The monoisotopic (exact) mass is 372 g/mol. The van der Waals surface area contributed by atoms with E-state index in [1.807, 2.05) is 26.8 Å². The number of hydrogen-bond donors (Lipinski definition) is 1. The van der Waals surface area contributed by atoms with Crippen LogP contribution in [0, 0.1) is 12.7 Å². The largest absolute Gasteiger partial charge is 0.345 e. The first-order chi connectivity index (χ1) is 12.4. The molecule has 2 heterocycles. The molecule has 1 amide bonds. The standard InChI is InChI=1S/C20H21FN2O2S/c1-4-10-23-11-9-16-18(20(23)25)17(13(3)26-16)19(24)22-12(2)14-5-7-15(21)8-6-14/h5-9,11-12H,4,10H2,1-3H3,(H,22,24)/t12-/m0/s1. The van der Waals surface area contributed by atoms with Gasteiger partial charge in [-0.3, -0.25) is 9.59 Å². The minimum absolute atomic E-state index is 0.131. The Morgan fingerprint density at radius 2 is 1.96 bits per heavy atom. The molecule has 4 nitrogen and oxygen atoms in total. The molecular formula is C20H21FN2O2S. The summed E-state index contributed by atoms with van der Waals surface area (Å²) < 4.78 is 15.6. The van der Waals surface area contributed by atoms with Crippen molar-refractivity contribution in [3.63, 3.8) is 0 Å². The van der Waals surface area contributed by atoms with Gasteiger partial charge in [-0.05, 0) is 44.0 Å². The third-order valence-electron chi connectivity index (χ3n) is 4.40. The molecule has 0 radical (unpaired) electrons. The number of aromatic nitrogens is 1. The molecule has 0 unspecified atom stereocenters. The highest BCUT2D eigenvalue weighted by atomic mass is 32.1. The zero-order valence-electron chi connectivity index (χ0n) is 15.0. The molecule has 136 valence electrons. The maximum Gasteiger partial charge on any atom is 0.260 e. The van der Waals surface area contributed by atoms with Crippen molar-refractivity contribution in [1.29, 1.82) is 0 Å². The van der Waals surface area contributed by atoms with Crippen LogP contribution in [0.15, 0.2) is 41.3 Å². The fourth-order valence-electron chi connectivity index (χ4n) is 3.06. The van der Waals surface area contributed by atoms with E-state index in [1.165, 1.54) is 23.5 Å². The zero-order valence-corrected chi connectivity index (χ0v) is 15.8. The van der Waals surface area contributed by atoms with E-state index in [0.29, 0.717) is 17.5 Å². The Balaban J connectivity index is 1.97. The number of rotatable bonds is 5. The van der Waals surface area contributed by atoms with Crippen molar-refractivity contribution in [3.8, 4) is 0 Å². The van der Waals surface area contributed by atoms with Crippen molar-refractivity contribution in [2.45, 2.75) is 39.8 Å². The molecule has 0 fully saturated rings.